The summed E-state index contributed by atoms with van der Waals surface area (Å²) in [7, 11) is -3.69. The number of imidazole rings is 1. The van der Waals surface area contributed by atoms with E-state index in [0.29, 0.717) is 0 Å². The maximum Gasteiger partial charge on any atom is 0.419 e. The number of halogens is 4. The van der Waals surface area contributed by atoms with Gasteiger partial charge in [0.25, 0.3) is 0 Å². The first-order valence-corrected chi connectivity index (χ1v) is 7.24. The van der Waals surface area contributed by atoms with Gasteiger partial charge in [-0.2, -0.15) is 13.2 Å². The molecule has 4 nitrogen and oxygen atoms in total. The third-order valence-corrected chi connectivity index (χ3v) is 4.13. The summed E-state index contributed by atoms with van der Waals surface area (Å²) in [6.07, 6.45) is -2.47. The van der Waals surface area contributed by atoms with Crippen molar-refractivity contribution in [3.8, 4) is 0 Å². The van der Waals surface area contributed by atoms with Crippen molar-refractivity contribution in [3.63, 3.8) is 0 Å². The van der Waals surface area contributed by atoms with E-state index in [4.69, 9.17) is 0 Å². The van der Waals surface area contributed by atoms with Crippen molar-refractivity contribution >= 4 is 31.4 Å². The van der Waals surface area contributed by atoms with Crippen LogP contribution in [-0.2, 0) is 16.0 Å². The number of pyridine rings is 1. The van der Waals surface area contributed by atoms with Crippen LogP contribution in [-0.4, -0.2) is 24.1 Å². The molecule has 0 saturated heterocycles. The van der Waals surface area contributed by atoms with Gasteiger partial charge in [0.1, 0.15) is 4.60 Å². The summed E-state index contributed by atoms with van der Waals surface area (Å²) < 4.78 is 62.0. The minimum absolute atomic E-state index is 0.137. The van der Waals surface area contributed by atoms with Crippen molar-refractivity contribution in [1.29, 1.82) is 0 Å². The third kappa shape index (κ3) is 2.12. The zero-order valence-corrected chi connectivity index (χ0v) is 11.3. The molecule has 9 heteroatoms. The monoisotopic (exact) mass is 342 g/mol. The quantitative estimate of drug-likeness (QED) is 0.800. The fraction of sp³-hybridized carbons (Fsp3) is 0.222. The highest BCUT2D eigenvalue weighted by Crippen LogP contribution is 2.34. The Morgan fingerprint density at radius 2 is 2.00 bits per heavy atom. The van der Waals surface area contributed by atoms with Crippen molar-refractivity contribution in [2.24, 2.45) is 0 Å². The molecule has 0 aliphatic heterocycles. The Bertz CT molecular complexity index is 721. The lowest BCUT2D eigenvalue weighted by molar-refractivity contribution is -0.136. The molecule has 0 radical (unpaired) electrons. The number of alkyl halides is 3. The Morgan fingerprint density at radius 3 is 2.50 bits per heavy atom. The van der Waals surface area contributed by atoms with Crippen LogP contribution in [0.15, 0.2) is 28.0 Å². The first-order chi connectivity index (χ1) is 8.12. The van der Waals surface area contributed by atoms with Crippen LogP contribution < -0.4 is 0 Å². The fourth-order valence-corrected chi connectivity index (χ4v) is 3.67. The lowest BCUT2D eigenvalue weighted by atomic mass is 10.2. The van der Waals surface area contributed by atoms with Crippen LogP contribution in [0.5, 0.6) is 0 Å². The molecule has 0 atom stereocenters. The first-order valence-electron chi connectivity index (χ1n) is 4.56. The summed E-state index contributed by atoms with van der Waals surface area (Å²) in [6.45, 7) is 0. The molecule has 0 unspecified atom stereocenters. The zero-order valence-electron chi connectivity index (χ0n) is 8.86. The van der Waals surface area contributed by atoms with Crippen molar-refractivity contribution in [2.75, 3.05) is 6.26 Å². The molecule has 0 fully saturated rings. The summed E-state index contributed by atoms with van der Waals surface area (Å²) in [5, 5.41) is -0.302. The van der Waals surface area contributed by atoms with Gasteiger partial charge in [0.2, 0.25) is 0 Å². The predicted molar refractivity (Wildman–Crippen MR) is 61.0 cm³/mol. The van der Waals surface area contributed by atoms with Crippen molar-refractivity contribution < 1.29 is 21.6 Å². The molecule has 18 heavy (non-hydrogen) atoms. The Hall–Kier alpha value is -1.09. The van der Waals surface area contributed by atoms with Crippen LogP contribution in [0.25, 0.3) is 5.65 Å². The van der Waals surface area contributed by atoms with Crippen molar-refractivity contribution in [3.05, 3.63) is 28.5 Å². The van der Waals surface area contributed by atoms with E-state index in [1.807, 2.05) is 0 Å². The Morgan fingerprint density at radius 1 is 1.39 bits per heavy atom. The van der Waals surface area contributed by atoms with Gasteiger partial charge in [0.05, 0.1) is 5.56 Å². The van der Waals surface area contributed by atoms with Crippen molar-refractivity contribution in [2.45, 2.75) is 11.2 Å². The second kappa shape index (κ2) is 3.95. The number of sulfone groups is 1. The van der Waals surface area contributed by atoms with Gasteiger partial charge in [-0.3, -0.25) is 4.40 Å². The van der Waals surface area contributed by atoms with Gasteiger partial charge >= 0.3 is 6.18 Å². The van der Waals surface area contributed by atoms with Crippen LogP contribution in [0.4, 0.5) is 13.2 Å². The first kappa shape index (κ1) is 13.3. The predicted octanol–water partition coefficient (Wildman–Crippen LogP) is 2.52. The highest BCUT2D eigenvalue weighted by molar-refractivity contribution is 9.10. The molecule has 0 bridgehead atoms. The average molecular weight is 343 g/mol. The van der Waals surface area contributed by atoms with E-state index < -0.39 is 27.2 Å². The number of aromatic nitrogens is 2. The van der Waals surface area contributed by atoms with E-state index in [9.17, 15) is 21.6 Å². The van der Waals surface area contributed by atoms with Crippen LogP contribution in [0.1, 0.15) is 5.56 Å². The average Bonchev–Trinajstić information content (AvgIpc) is 2.50. The standard InChI is InChI=1S/C9H6BrF3N2O2S/c1-18(16,17)8-6(10)14-7-5(9(11,12)13)3-2-4-15(7)8/h2-4H,1H3. The molecule has 2 rings (SSSR count). The zero-order chi connectivity index (χ0) is 13.7. The van der Waals surface area contributed by atoms with E-state index in [-0.39, 0.29) is 9.63 Å². The third-order valence-electron chi connectivity index (χ3n) is 2.22. The summed E-state index contributed by atoms with van der Waals surface area (Å²) in [5.74, 6) is 0. The van der Waals surface area contributed by atoms with E-state index in [1.54, 1.807) is 0 Å². The Kier molecular flexibility index (Phi) is 2.93. The van der Waals surface area contributed by atoms with Gasteiger partial charge in [-0.25, -0.2) is 13.4 Å². The molecule has 0 aromatic carbocycles. The van der Waals surface area contributed by atoms with Crippen LogP contribution in [0.2, 0.25) is 0 Å². The van der Waals surface area contributed by atoms with Gasteiger partial charge in [0, 0.05) is 12.5 Å². The highest BCUT2D eigenvalue weighted by atomic mass is 79.9. The lowest BCUT2D eigenvalue weighted by Gasteiger charge is -2.07. The van der Waals surface area contributed by atoms with Crippen LogP contribution in [0.3, 0.4) is 0 Å². The van der Waals surface area contributed by atoms with Gasteiger partial charge in [-0.1, -0.05) is 0 Å². The molecule has 0 spiro atoms. The topological polar surface area (TPSA) is 51.4 Å². The van der Waals surface area contributed by atoms with E-state index in [1.165, 1.54) is 6.20 Å². The number of hydrogen-bond acceptors (Lipinski definition) is 3. The summed E-state index contributed by atoms with van der Waals surface area (Å²) in [4.78, 5) is 3.63. The largest absolute Gasteiger partial charge is 0.419 e. The molecule has 2 aromatic heterocycles. The van der Waals surface area contributed by atoms with Gasteiger partial charge in [-0.05, 0) is 28.1 Å². The van der Waals surface area contributed by atoms with Gasteiger partial charge < -0.3 is 0 Å². The Balaban J connectivity index is 2.93. The second-order valence-electron chi connectivity index (χ2n) is 3.59. The highest BCUT2D eigenvalue weighted by Gasteiger charge is 2.35. The van der Waals surface area contributed by atoms with Crippen LogP contribution >= 0.6 is 15.9 Å². The SMILES string of the molecule is CS(=O)(=O)c1c(Br)nc2c(C(F)(F)F)cccn12. The normalized spacial score (nSPS) is 13.2. The molecule has 0 aliphatic rings. The van der Waals surface area contributed by atoms with Gasteiger partial charge in [-0.15, -0.1) is 0 Å². The number of rotatable bonds is 1. The number of fused-ring (bicyclic) bond motifs is 1. The summed E-state index contributed by atoms with van der Waals surface area (Å²) >= 11 is 2.87. The van der Waals surface area contributed by atoms with Crippen LogP contribution in [0, 0.1) is 0 Å². The molecule has 0 amide bonds. The van der Waals surface area contributed by atoms with E-state index >= 15 is 0 Å². The fourth-order valence-electron chi connectivity index (χ4n) is 1.57. The molecule has 0 saturated carbocycles. The number of hydrogen-bond donors (Lipinski definition) is 0. The summed E-state index contributed by atoms with van der Waals surface area (Å²) in [5.41, 5.74) is -1.43. The minimum atomic E-state index is -4.60. The number of nitrogens with zero attached hydrogens (tertiary/aromatic N) is 2. The molecule has 2 heterocycles. The van der Waals surface area contributed by atoms with E-state index in [0.717, 1.165) is 22.8 Å². The Labute approximate surface area is 108 Å². The second-order valence-corrected chi connectivity index (χ2v) is 6.28. The molecular formula is C9H6BrF3N2O2S. The maximum absolute atomic E-state index is 12.7. The van der Waals surface area contributed by atoms with Gasteiger partial charge in [0.15, 0.2) is 20.5 Å². The molecule has 98 valence electrons. The smallest absolute Gasteiger partial charge is 0.289 e. The van der Waals surface area contributed by atoms with Crippen molar-refractivity contribution in [1.82, 2.24) is 9.38 Å². The molecule has 2 aromatic rings. The molecule has 0 aliphatic carbocycles. The van der Waals surface area contributed by atoms with E-state index in [2.05, 4.69) is 20.9 Å². The molecule has 0 N–H and O–H groups in total. The minimum Gasteiger partial charge on any atom is -0.289 e. The maximum atomic E-state index is 12.7. The summed E-state index contributed by atoms with van der Waals surface area (Å²) in [6, 6.07) is 1.97. The molecular weight excluding hydrogens is 337 g/mol. The lowest BCUT2D eigenvalue weighted by Crippen LogP contribution is -2.09.